The van der Waals surface area contributed by atoms with Crippen molar-refractivity contribution in [1.29, 1.82) is 0 Å². The summed E-state index contributed by atoms with van der Waals surface area (Å²) < 4.78 is 18.5. The van der Waals surface area contributed by atoms with Crippen molar-refractivity contribution in [3.63, 3.8) is 0 Å². The second-order valence-corrected chi connectivity index (χ2v) is 4.63. The highest BCUT2D eigenvalue weighted by Crippen LogP contribution is 2.21. The summed E-state index contributed by atoms with van der Waals surface area (Å²) in [6, 6.07) is 4.80. The average molecular weight is 263 g/mol. The van der Waals surface area contributed by atoms with Gasteiger partial charge in [0.05, 0.1) is 0 Å². The Balaban J connectivity index is 2.18. The Morgan fingerprint density at radius 1 is 1.42 bits per heavy atom. The number of benzene rings is 1. The number of hydrogen-bond acceptors (Lipinski definition) is 4. The van der Waals surface area contributed by atoms with Crippen LogP contribution in [-0.2, 0) is 0 Å². The first-order chi connectivity index (χ1) is 9.11. The van der Waals surface area contributed by atoms with Crippen LogP contribution in [0.3, 0.4) is 0 Å². The van der Waals surface area contributed by atoms with Gasteiger partial charge in [0.25, 0.3) is 0 Å². The van der Waals surface area contributed by atoms with Crippen LogP contribution in [0, 0.1) is 12.7 Å². The van der Waals surface area contributed by atoms with E-state index in [9.17, 15) is 4.39 Å². The highest BCUT2D eigenvalue weighted by atomic mass is 19.1. The quantitative estimate of drug-likeness (QED) is 0.901. The van der Waals surface area contributed by atoms with E-state index in [0.29, 0.717) is 17.3 Å². The lowest BCUT2D eigenvalue weighted by Crippen LogP contribution is -2.19. The van der Waals surface area contributed by atoms with Crippen LogP contribution >= 0.6 is 0 Å². The van der Waals surface area contributed by atoms with Crippen LogP contribution < -0.4 is 5.32 Å². The summed E-state index contributed by atoms with van der Waals surface area (Å²) in [6.07, 6.45) is 0. The van der Waals surface area contributed by atoms with Gasteiger partial charge in [-0.25, -0.2) is 4.39 Å². The Bertz CT molecular complexity index is 553. The molecule has 1 unspecified atom stereocenters. The normalized spacial score (nSPS) is 12.6. The third-order valence-corrected chi connectivity index (χ3v) is 2.98. The number of likely N-dealkylation sites (N-methyl/N-ethyl adjacent to an activating group) is 1. The van der Waals surface area contributed by atoms with E-state index in [0.717, 1.165) is 18.7 Å². The first-order valence-corrected chi connectivity index (χ1v) is 6.42. The van der Waals surface area contributed by atoms with Gasteiger partial charge in [-0.2, -0.15) is 4.98 Å². The summed E-state index contributed by atoms with van der Waals surface area (Å²) in [4.78, 5) is 4.36. The fourth-order valence-electron chi connectivity index (χ4n) is 1.78. The van der Waals surface area contributed by atoms with E-state index >= 15 is 0 Å². The predicted molar refractivity (Wildman–Crippen MR) is 71.4 cm³/mol. The Morgan fingerprint density at radius 3 is 2.89 bits per heavy atom. The molecule has 1 aromatic carbocycles. The monoisotopic (exact) mass is 263 g/mol. The number of nitrogens with one attached hydrogen (secondary N) is 1. The topological polar surface area (TPSA) is 51.0 Å². The number of halogens is 1. The summed E-state index contributed by atoms with van der Waals surface area (Å²) in [7, 11) is 0. The molecule has 0 bridgehead atoms. The zero-order chi connectivity index (χ0) is 13.8. The number of nitrogens with zero attached hydrogens (tertiary/aromatic N) is 2. The lowest BCUT2D eigenvalue weighted by atomic mass is 10.1. The summed E-state index contributed by atoms with van der Waals surface area (Å²) >= 11 is 0. The molecule has 0 amide bonds. The molecule has 0 radical (unpaired) electrons. The fourth-order valence-corrected chi connectivity index (χ4v) is 1.78. The Morgan fingerprint density at radius 2 is 2.21 bits per heavy atom. The van der Waals surface area contributed by atoms with Gasteiger partial charge in [0.1, 0.15) is 5.82 Å². The van der Waals surface area contributed by atoms with E-state index in [1.54, 1.807) is 19.1 Å². The zero-order valence-electron chi connectivity index (χ0n) is 11.4. The van der Waals surface area contributed by atoms with Gasteiger partial charge in [0.15, 0.2) is 0 Å². The van der Waals surface area contributed by atoms with Crippen LogP contribution in [0.4, 0.5) is 4.39 Å². The first-order valence-electron chi connectivity index (χ1n) is 6.42. The molecular formula is C14H18FN3O. The Kier molecular flexibility index (Phi) is 4.27. The standard InChI is InChI=1S/C14H18FN3O/c1-4-16-8-10(3)14-17-13(18-19-14)11-5-6-12(15)9(2)7-11/h5-7,10,16H,4,8H2,1-3H3. The molecule has 2 aromatic rings. The van der Waals surface area contributed by atoms with Crippen molar-refractivity contribution in [3.8, 4) is 11.4 Å². The lowest BCUT2D eigenvalue weighted by molar-refractivity contribution is 0.355. The van der Waals surface area contributed by atoms with E-state index in [2.05, 4.69) is 15.5 Å². The molecule has 1 N–H and O–H groups in total. The lowest BCUT2D eigenvalue weighted by Gasteiger charge is -2.05. The summed E-state index contributed by atoms with van der Waals surface area (Å²) in [5.41, 5.74) is 1.34. The van der Waals surface area contributed by atoms with Crippen molar-refractivity contribution >= 4 is 0 Å². The van der Waals surface area contributed by atoms with Crippen LogP contribution in [-0.4, -0.2) is 23.2 Å². The average Bonchev–Trinajstić information content (AvgIpc) is 2.89. The van der Waals surface area contributed by atoms with Crippen LogP contribution in [0.1, 0.15) is 31.2 Å². The predicted octanol–water partition coefficient (Wildman–Crippen LogP) is 2.90. The molecule has 0 spiro atoms. The minimum atomic E-state index is -0.229. The van der Waals surface area contributed by atoms with E-state index in [1.807, 2.05) is 13.8 Å². The van der Waals surface area contributed by atoms with E-state index in [1.165, 1.54) is 6.07 Å². The molecule has 2 rings (SSSR count). The maximum atomic E-state index is 13.2. The molecule has 1 atom stereocenters. The Labute approximate surface area is 112 Å². The SMILES string of the molecule is CCNCC(C)c1nc(-c2ccc(F)c(C)c2)no1. The number of rotatable bonds is 5. The van der Waals surface area contributed by atoms with Gasteiger partial charge in [-0.1, -0.05) is 19.0 Å². The highest BCUT2D eigenvalue weighted by molar-refractivity contribution is 5.55. The minimum Gasteiger partial charge on any atom is -0.339 e. The number of aromatic nitrogens is 2. The molecule has 0 saturated carbocycles. The van der Waals surface area contributed by atoms with Gasteiger partial charge in [-0.05, 0) is 37.2 Å². The summed E-state index contributed by atoms with van der Waals surface area (Å²) in [5, 5.41) is 7.18. The molecule has 0 aliphatic carbocycles. The van der Waals surface area contributed by atoms with Crippen LogP contribution in [0.2, 0.25) is 0 Å². The van der Waals surface area contributed by atoms with Crippen molar-refractivity contribution < 1.29 is 8.91 Å². The maximum absolute atomic E-state index is 13.2. The van der Waals surface area contributed by atoms with Crippen molar-refractivity contribution in [2.45, 2.75) is 26.7 Å². The van der Waals surface area contributed by atoms with E-state index in [4.69, 9.17) is 4.52 Å². The Hall–Kier alpha value is -1.75. The van der Waals surface area contributed by atoms with Gasteiger partial charge in [0, 0.05) is 18.0 Å². The van der Waals surface area contributed by atoms with Crippen LogP contribution in [0.5, 0.6) is 0 Å². The van der Waals surface area contributed by atoms with Gasteiger partial charge in [-0.15, -0.1) is 0 Å². The molecule has 0 aliphatic rings. The third kappa shape index (κ3) is 3.17. The van der Waals surface area contributed by atoms with Gasteiger partial charge in [-0.3, -0.25) is 0 Å². The molecule has 102 valence electrons. The third-order valence-electron chi connectivity index (χ3n) is 2.98. The maximum Gasteiger partial charge on any atom is 0.231 e. The van der Waals surface area contributed by atoms with Gasteiger partial charge < -0.3 is 9.84 Å². The van der Waals surface area contributed by atoms with Crippen LogP contribution in [0.15, 0.2) is 22.7 Å². The van der Waals surface area contributed by atoms with Crippen molar-refractivity contribution in [2.24, 2.45) is 0 Å². The van der Waals surface area contributed by atoms with Gasteiger partial charge in [0.2, 0.25) is 11.7 Å². The van der Waals surface area contributed by atoms with E-state index in [-0.39, 0.29) is 11.7 Å². The van der Waals surface area contributed by atoms with Crippen molar-refractivity contribution in [2.75, 3.05) is 13.1 Å². The molecule has 19 heavy (non-hydrogen) atoms. The molecule has 0 fully saturated rings. The molecule has 4 nitrogen and oxygen atoms in total. The van der Waals surface area contributed by atoms with Crippen molar-refractivity contribution in [1.82, 2.24) is 15.5 Å². The first kappa shape index (κ1) is 13.7. The van der Waals surface area contributed by atoms with Crippen molar-refractivity contribution in [3.05, 3.63) is 35.5 Å². The fraction of sp³-hybridized carbons (Fsp3) is 0.429. The summed E-state index contributed by atoms with van der Waals surface area (Å²) in [6.45, 7) is 7.49. The highest BCUT2D eigenvalue weighted by Gasteiger charge is 2.15. The molecule has 0 saturated heterocycles. The second kappa shape index (κ2) is 5.93. The molecule has 1 aromatic heterocycles. The summed E-state index contributed by atoms with van der Waals surface area (Å²) in [5.74, 6) is 1.02. The largest absolute Gasteiger partial charge is 0.339 e. The molecule has 1 heterocycles. The smallest absolute Gasteiger partial charge is 0.231 e. The van der Waals surface area contributed by atoms with E-state index < -0.39 is 0 Å². The number of aryl methyl sites for hydroxylation is 1. The second-order valence-electron chi connectivity index (χ2n) is 4.63. The van der Waals surface area contributed by atoms with Gasteiger partial charge >= 0.3 is 0 Å². The number of hydrogen-bond donors (Lipinski definition) is 1. The molecular weight excluding hydrogens is 245 g/mol. The minimum absolute atomic E-state index is 0.155. The molecule has 0 aliphatic heterocycles. The van der Waals surface area contributed by atoms with Crippen LogP contribution in [0.25, 0.3) is 11.4 Å². The molecule has 5 heteroatoms. The zero-order valence-corrected chi connectivity index (χ0v) is 11.4.